The van der Waals surface area contributed by atoms with Gasteiger partial charge in [-0.05, 0) is 55.2 Å². The number of hydrogen-bond acceptors (Lipinski definition) is 7. The minimum atomic E-state index is -0.367. The van der Waals surface area contributed by atoms with Gasteiger partial charge in [0.05, 0.1) is 23.8 Å². The van der Waals surface area contributed by atoms with E-state index in [1.807, 2.05) is 67.1 Å². The van der Waals surface area contributed by atoms with Gasteiger partial charge in [0, 0.05) is 30.4 Å². The second kappa shape index (κ2) is 11.0. The van der Waals surface area contributed by atoms with E-state index in [1.54, 1.807) is 4.90 Å². The number of amides is 1. The third kappa shape index (κ3) is 5.07. The Morgan fingerprint density at radius 2 is 1.90 bits per heavy atom. The highest BCUT2D eigenvalue weighted by molar-refractivity contribution is 6.08. The van der Waals surface area contributed by atoms with E-state index in [-0.39, 0.29) is 11.9 Å². The Hall–Kier alpha value is -4.68. The lowest BCUT2D eigenvalue weighted by atomic mass is 9.97. The molecule has 2 aromatic heterocycles. The van der Waals surface area contributed by atoms with Crippen LogP contribution in [0.5, 0.6) is 0 Å². The van der Waals surface area contributed by atoms with Crippen LogP contribution in [0.25, 0.3) is 33.4 Å². The molecule has 5 rings (SSSR count). The smallest absolute Gasteiger partial charge is 0.254 e. The van der Waals surface area contributed by atoms with Gasteiger partial charge in [0.15, 0.2) is 0 Å². The molecule has 1 aliphatic heterocycles. The van der Waals surface area contributed by atoms with E-state index in [0.29, 0.717) is 31.3 Å². The zero-order chi connectivity index (χ0) is 27.5. The molecule has 198 valence electrons. The molecular weight excluding hydrogens is 490 g/mol. The van der Waals surface area contributed by atoms with Gasteiger partial charge in [-0.1, -0.05) is 36.4 Å². The van der Waals surface area contributed by atoms with Crippen LogP contribution in [0.4, 0.5) is 11.5 Å². The number of nitrogen functional groups attached to an aromatic ring is 1. The quantitative estimate of drug-likeness (QED) is 0.191. The van der Waals surface area contributed by atoms with Crippen molar-refractivity contribution in [2.75, 3.05) is 30.9 Å². The Bertz CT molecular complexity index is 1570. The molecule has 0 radical (unpaired) electrons. The molecule has 1 aliphatic rings. The number of nitriles is 1. The first kappa shape index (κ1) is 25.9. The van der Waals surface area contributed by atoms with Crippen LogP contribution in [0.3, 0.4) is 0 Å². The van der Waals surface area contributed by atoms with E-state index >= 15 is 0 Å². The van der Waals surface area contributed by atoms with Crippen molar-refractivity contribution in [3.05, 3.63) is 72.6 Å². The summed E-state index contributed by atoms with van der Waals surface area (Å²) in [5, 5.41) is 13.4. The van der Waals surface area contributed by atoms with Crippen molar-refractivity contribution in [2.24, 2.45) is 7.05 Å². The van der Waals surface area contributed by atoms with Crippen molar-refractivity contribution < 1.29 is 9.53 Å². The molecular formula is C30H31N7O2. The largest absolute Gasteiger partial charge is 0.383 e. The monoisotopic (exact) mass is 521 g/mol. The Morgan fingerprint density at radius 1 is 1.18 bits per heavy atom. The number of nitrogens with one attached hydrogen (secondary N) is 1. The van der Waals surface area contributed by atoms with Crippen LogP contribution in [0.2, 0.25) is 0 Å². The molecule has 0 saturated carbocycles. The van der Waals surface area contributed by atoms with Crippen molar-refractivity contribution in [3.8, 4) is 28.5 Å². The highest BCUT2D eigenvalue weighted by Gasteiger charge is 2.29. The molecule has 1 fully saturated rings. The predicted octanol–water partition coefficient (Wildman–Crippen LogP) is 4.97. The second-order valence-corrected chi connectivity index (χ2v) is 9.81. The molecule has 3 heterocycles. The fourth-order valence-corrected chi connectivity index (χ4v) is 5.09. The molecule has 0 bridgehead atoms. The second-order valence-electron chi connectivity index (χ2n) is 9.81. The number of rotatable bonds is 8. The van der Waals surface area contributed by atoms with Gasteiger partial charge < -0.3 is 25.3 Å². The first-order valence-corrected chi connectivity index (χ1v) is 12.9. The van der Waals surface area contributed by atoms with Gasteiger partial charge in [0.2, 0.25) is 0 Å². The molecule has 39 heavy (non-hydrogen) atoms. The van der Waals surface area contributed by atoms with E-state index in [0.717, 1.165) is 57.5 Å². The number of benzene rings is 2. The fraction of sp³-hybridized carbons (Fsp3) is 0.267. The summed E-state index contributed by atoms with van der Waals surface area (Å²) in [7, 11) is 1.96. The number of ether oxygens (including phenoxy) is 1. The third-order valence-corrected chi connectivity index (χ3v) is 6.96. The molecule has 0 aliphatic carbocycles. The Morgan fingerprint density at radius 3 is 2.59 bits per heavy atom. The lowest BCUT2D eigenvalue weighted by Crippen LogP contribution is -2.34. The van der Waals surface area contributed by atoms with Crippen LogP contribution in [0.15, 0.2) is 67.0 Å². The first-order valence-electron chi connectivity index (χ1n) is 12.9. The van der Waals surface area contributed by atoms with Crippen molar-refractivity contribution in [3.63, 3.8) is 0 Å². The number of hydrogen-bond donors (Lipinski definition) is 2. The zero-order valence-corrected chi connectivity index (χ0v) is 22.1. The summed E-state index contributed by atoms with van der Waals surface area (Å²) in [6.45, 7) is 7.27. The molecule has 4 aromatic rings. The maximum Gasteiger partial charge on any atom is 0.254 e. The topological polar surface area (TPSA) is 122 Å². The van der Waals surface area contributed by atoms with Gasteiger partial charge >= 0.3 is 0 Å². The van der Waals surface area contributed by atoms with E-state index in [2.05, 4.69) is 27.9 Å². The molecule has 9 nitrogen and oxygen atoms in total. The average Bonchev–Trinajstić information content (AvgIpc) is 3.54. The van der Waals surface area contributed by atoms with E-state index < -0.39 is 0 Å². The highest BCUT2D eigenvalue weighted by atomic mass is 16.5. The van der Waals surface area contributed by atoms with Gasteiger partial charge in [0.1, 0.15) is 30.6 Å². The molecule has 2 aromatic carbocycles. The summed E-state index contributed by atoms with van der Waals surface area (Å²) in [5.41, 5.74) is 13.2. The van der Waals surface area contributed by atoms with Crippen LogP contribution in [-0.4, -0.2) is 51.3 Å². The first-order chi connectivity index (χ1) is 18.9. The van der Waals surface area contributed by atoms with Gasteiger partial charge in [-0.25, -0.2) is 9.97 Å². The lowest BCUT2D eigenvalue weighted by Gasteiger charge is -2.19. The SMILES string of the molecule is C=C(C)COCNc1ccc(-c2c(-c3ccc(C(=O)N4CCC[C@@H]4C#N)cc3)c3c(N)ncnc3n2C)cc1. The number of aromatic nitrogens is 3. The minimum Gasteiger partial charge on any atom is -0.383 e. The molecule has 0 spiro atoms. The summed E-state index contributed by atoms with van der Waals surface area (Å²) in [6, 6.07) is 17.4. The normalized spacial score (nSPS) is 14.9. The number of anilines is 2. The van der Waals surface area contributed by atoms with E-state index in [1.165, 1.54) is 6.33 Å². The summed E-state index contributed by atoms with van der Waals surface area (Å²) in [5.74, 6) is 0.265. The van der Waals surface area contributed by atoms with Crippen molar-refractivity contribution in [1.29, 1.82) is 5.26 Å². The number of nitrogens with zero attached hydrogens (tertiary/aromatic N) is 5. The molecule has 3 N–H and O–H groups in total. The number of aryl methyl sites for hydroxylation is 1. The minimum absolute atomic E-state index is 0.123. The predicted molar refractivity (Wildman–Crippen MR) is 153 cm³/mol. The Kier molecular flexibility index (Phi) is 7.30. The van der Waals surface area contributed by atoms with E-state index in [4.69, 9.17) is 10.5 Å². The summed E-state index contributed by atoms with van der Waals surface area (Å²) >= 11 is 0. The maximum absolute atomic E-state index is 13.1. The number of likely N-dealkylation sites (tertiary alicyclic amines) is 1. The van der Waals surface area contributed by atoms with Gasteiger partial charge in [-0.15, -0.1) is 0 Å². The fourth-order valence-electron chi connectivity index (χ4n) is 5.09. The molecule has 0 unspecified atom stereocenters. The average molecular weight is 522 g/mol. The maximum atomic E-state index is 13.1. The molecule has 1 atom stereocenters. The van der Waals surface area contributed by atoms with Crippen LogP contribution in [0.1, 0.15) is 30.1 Å². The number of carbonyl (C=O) groups is 1. The summed E-state index contributed by atoms with van der Waals surface area (Å²) in [4.78, 5) is 23.5. The zero-order valence-electron chi connectivity index (χ0n) is 22.1. The third-order valence-electron chi connectivity index (χ3n) is 6.96. The molecule has 1 amide bonds. The Labute approximate surface area is 227 Å². The molecule has 1 saturated heterocycles. The lowest BCUT2D eigenvalue weighted by molar-refractivity contribution is 0.0765. The number of fused-ring (bicyclic) bond motifs is 1. The van der Waals surface area contributed by atoms with Gasteiger partial charge in [-0.2, -0.15) is 5.26 Å². The molecule has 9 heteroatoms. The Balaban J connectivity index is 1.50. The van der Waals surface area contributed by atoms with Crippen LogP contribution >= 0.6 is 0 Å². The highest BCUT2D eigenvalue weighted by Crippen LogP contribution is 2.41. The van der Waals surface area contributed by atoms with Crippen molar-refractivity contribution in [1.82, 2.24) is 19.4 Å². The van der Waals surface area contributed by atoms with Crippen LogP contribution < -0.4 is 11.1 Å². The van der Waals surface area contributed by atoms with Crippen molar-refractivity contribution >= 4 is 28.4 Å². The summed E-state index contributed by atoms with van der Waals surface area (Å²) < 4.78 is 7.56. The van der Waals surface area contributed by atoms with E-state index in [9.17, 15) is 10.1 Å². The number of nitrogens with two attached hydrogens (primary N) is 1. The van der Waals surface area contributed by atoms with Gasteiger partial charge in [-0.3, -0.25) is 4.79 Å². The number of carbonyl (C=O) groups excluding carboxylic acids is 1. The van der Waals surface area contributed by atoms with Crippen LogP contribution in [0, 0.1) is 11.3 Å². The van der Waals surface area contributed by atoms with Gasteiger partial charge in [0.25, 0.3) is 5.91 Å². The summed E-state index contributed by atoms with van der Waals surface area (Å²) in [6.07, 6.45) is 3.03. The van der Waals surface area contributed by atoms with Crippen molar-refractivity contribution in [2.45, 2.75) is 25.8 Å². The standard InChI is InChI=1S/C30H31N7O2/c1-19(2)16-39-18-35-23-12-10-21(11-13-23)27-25(26-28(32)33-17-34-29(26)36(27)3)20-6-8-22(9-7-20)30(38)37-14-4-5-24(37)15-31/h6-13,17,24,35H,1,4-5,14,16,18H2,2-3H3,(H2,32,33,34)/t24-/m1/s1. The van der Waals surface area contributed by atoms with Crippen LogP contribution in [-0.2, 0) is 11.8 Å².